The summed E-state index contributed by atoms with van der Waals surface area (Å²) in [6, 6.07) is 22.4. The van der Waals surface area contributed by atoms with Gasteiger partial charge in [-0.2, -0.15) is 0 Å². The lowest BCUT2D eigenvalue weighted by molar-refractivity contribution is -0.154. The number of benzene rings is 3. The van der Waals surface area contributed by atoms with Crippen LogP contribution in [0.1, 0.15) is 22.6 Å². The van der Waals surface area contributed by atoms with Gasteiger partial charge < -0.3 is 29.3 Å². The first-order valence-electron chi connectivity index (χ1n) is 11.5. The quantitative estimate of drug-likeness (QED) is 0.548. The maximum absolute atomic E-state index is 13.3. The van der Waals surface area contributed by atoms with Crippen molar-refractivity contribution in [2.24, 2.45) is 5.92 Å². The first-order valence-corrected chi connectivity index (χ1v) is 11.5. The molecular formula is C28H29NO6. The number of ether oxygens (including phenoxy) is 3. The van der Waals surface area contributed by atoms with Gasteiger partial charge in [0, 0.05) is 18.7 Å². The Balaban J connectivity index is 1.92. The summed E-state index contributed by atoms with van der Waals surface area (Å²) in [7, 11) is 6.29. The van der Waals surface area contributed by atoms with Crippen LogP contribution in [0.25, 0.3) is 0 Å². The minimum absolute atomic E-state index is 0.434. The van der Waals surface area contributed by atoms with Crippen LogP contribution in [-0.2, 0) is 20.7 Å². The molecule has 5 atom stereocenters. The number of aliphatic hydroxyl groups is 2. The van der Waals surface area contributed by atoms with Crippen molar-refractivity contribution in [2.75, 3.05) is 33.3 Å². The first-order chi connectivity index (χ1) is 16.9. The number of fused-ring (bicyclic) bond motifs is 3. The van der Waals surface area contributed by atoms with Gasteiger partial charge in [0.15, 0.2) is 0 Å². The van der Waals surface area contributed by atoms with Crippen LogP contribution in [0.15, 0.2) is 72.8 Å². The number of methoxy groups -OCH3 is 3. The molecule has 182 valence electrons. The lowest BCUT2D eigenvalue weighted by atomic mass is 9.68. The Labute approximate surface area is 204 Å². The average Bonchev–Trinajstić information content (AvgIpc) is 3.25. The van der Waals surface area contributed by atoms with Gasteiger partial charge in [0.05, 0.1) is 32.8 Å². The second-order valence-corrected chi connectivity index (χ2v) is 9.06. The van der Waals surface area contributed by atoms with Crippen LogP contribution in [0, 0.1) is 5.92 Å². The Bertz CT molecular complexity index is 1250. The zero-order valence-electron chi connectivity index (χ0n) is 20.1. The normalized spacial score (nSPS) is 28.9. The lowest BCUT2D eigenvalue weighted by Gasteiger charge is -2.47. The number of hydrogen-bond acceptors (Lipinski definition) is 7. The van der Waals surface area contributed by atoms with Crippen LogP contribution >= 0.6 is 0 Å². The smallest absolute Gasteiger partial charge is 0.312 e. The molecule has 5 rings (SSSR count). The van der Waals surface area contributed by atoms with Crippen LogP contribution in [0.4, 0.5) is 5.69 Å². The number of carbonyl (C=O) groups excluding carboxylic acids is 1. The van der Waals surface area contributed by atoms with Crippen molar-refractivity contribution in [1.29, 1.82) is 0 Å². The molecule has 1 aliphatic carbocycles. The summed E-state index contributed by atoms with van der Waals surface area (Å²) in [5.74, 6) is -1.21. The van der Waals surface area contributed by atoms with E-state index in [-0.39, 0.29) is 0 Å². The first kappa shape index (κ1) is 23.2. The fourth-order valence-corrected chi connectivity index (χ4v) is 6.46. The fraction of sp³-hybridized carbons (Fsp3) is 0.321. The Morgan fingerprint density at radius 3 is 2.20 bits per heavy atom. The lowest BCUT2D eigenvalue weighted by Crippen LogP contribution is -2.56. The maximum Gasteiger partial charge on any atom is 0.312 e. The van der Waals surface area contributed by atoms with Crippen LogP contribution in [0.5, 0.6) is 11.5 Å². The third-order valence-electron chi connectivity index (χ3n) is 7.82. The van der Waals surface area contributed by atoms with Crippen molar-refractivity contribution < 1.29 is 29.2 Å². The number of anilines is 1. The van der Waals surface area contributed by atoms with E-state index in [2.05, 4.69) is 0 Å². The predicted molar refractivity (Wildman–Crippen MR) is 131 cm³/mol. The highest BCUT2D eigenvalue weighted by Gasteiger charge is 2.78. The summed E-state index contributed by atoms with van der Waals surface area (Å²) in [6.07, 6.45) is -1.48. The molecule has 2 aliphatic rings. The second kappa shape index (κ2) is 8.29. The van der Waals surface area contributed by atoms with E-state index in [9.17, 15) is 15.0 Å². The molecule has 0 saturated heterocycles. The van der Waals surface area contributed by atoms with Crippen molar-refractivity contribution in [3.63, 3.8) is 0 Å². The van der Waals surface area contributed by atoms with Gasteiger partial charge in [-0.05, 0) is 35.4 Å². The van der Waals surface area contributed by atoms with Crippen LogP contribution < -0.4 is 14.4 Å². The topological polar surface area (TPSA) is 88.5 Å². The molecule has 1 heterocycles. The van der Waals surface area contributed by atoms with E-state index in [0.29, 0.717) is 22.7 Å². The van der Waals surface area contributed by atoms with Crippen LogP contribution in [-0.4, -0.2) is 50.7 Å². The van der Waals surface area contributed by atoms with E-state index < -0.39 is 35.0 Å². The highest BCUT2D eigenvalue weighted by molar-refractivity contribution is 5.82. The van der Waals surface area contributed by atoms with Gasteiger partial charge in [0.2, 0.25) is 0 Å². The molecule has 1 saturated carbocycles. The van der Waals surface area contributed by atoms with E-state index in [0.717, 1.165) is 11.1 Å². The summed E-state index contributed by atoms with van der Waals surface area (Å²) in [4.78, 5) is 15.2. The summed E-state index contributed by atoms with van der Waals surface area (Å²) in [5.41, 5.74) is -0.493. The van der Waals surface area contributed by atoms with Crippen LogP contribution in [0.2, 0.25) is 0 Å². The summed E-state index contributed by atoms with van der Waals surface area (Å²) >= 11 is 0. The highest BCUT2D eigenvalue weighted by atomic mass is 16.5. The van der Waals surface area contributed by atoms with Crippen LogP contribution in [0.3, 0.4) is 0 Å². The molecule has 2 N–H and O–H groups in total. The van der Waals surface area contributed by atoms with E-state index in [1.807, 2.05) is 78.7 Å². The molecule has 3 aromatic rings. The minimum Gasteiger partial charge on any atom is -0.497 e. The van der Waals surface area contributed by atoms with Gasteiger partial charge in [0.25, 0.3) is 0 Å². The van der Waals surface area contributed by atoms with Gasteiger partial charge in [0.1, 0.15) is 28.7 Å². The maximum atomic E-state index is 13.3. The zero-order chi connectivity index (χ0) is 25.0. The predicted octanol–water partition coefficient (Wildman–Crippen LogP) is 3.18. The number of hydrogen-bond donors (Lipinski definition) is 2. The third-order valence-corrected chi connectivity index (χ3v) is 7.82. The third kappa shape index (κ3) is 2.82. The summed E-state index contributed by atoms with van der Waals surface area (Å²) in [6.45, 7) is 0. The number of esters is 1. The minimum atomic E-state index is -1.91. The molecule has 0 amide bonds. The Hall–Kier alpha value is -3.55. The summed E-state index contributed by atoms with van der Waals surface area (Å²) < 4.78 is 16.2. The van der Waals surface area contributed by atoms with Gasteiger partial charge >= 0.3 is 5.97 Å². The molecule has 0 radical (unpaired) electrons. The van der Waals surface area contributed by atoms with Crippen molar-refractivity contribution in [3.8, 4) is 11.5 Å². The number of likely N-dealkylation sites (N-methyl/N-ethyl adjacent to an activating group) is 1. The van der Waals surface area contributed by atoms with Gasteiger partial charge in [-0.25, -0.2) is 0 Å². The Morgan fingerprint density at radius 1 is 0.914 bits per heavy atom. The molecule has 1 aliphatic heterocycles. The molecule has 1 fully saturated rings. The Kier molecular flexibility index (Phi) is 5.49. The van der Waals surface area contributed by atoms with Gasteiger partial charge in [-0.15, -0.1) is 0 Å². The van der Waals surface area contributed by atoms with E-state index in [4.69, 9.17) is 14.2 Å². The zero-order valence-corrected chi connectivity index (χ0v) is 20.1. The van der Waals surface area contributed by atoms with Gasteiger partial charge in [-0.1, -0.05) is 48.5 Å². The second-order valence-electron chi connectivity index (χ2n) is 9.06. The number of nitrogens with zero attached hydrogens (tertiary/aromatic N) is 1. The van der Waals surface area contributed by atoms with Crippen molar-refractivity contribution >= 4 is 11.7 Å². The Morgan fingerprint density at radius 2 is 1.60 bits per heavy atom. The highest BCUT2D eigenvalue weighted by Crippen LogP contribution is 2.71. The van der Waals surface area contributed by atoms with Crippen molar-refractivity contribution in [3.05, 3.63) is 89.5 Å². The molecule has 3 aromatic carbocycles. The molecule has 0 unspecified atom stereocenters. The SMILES string of the molecule is COC(=O)[C@H]1[C@@H](O)[C@@]2(O)c3c(OC)cccc3N(C)[C@@]2(c2ccc(OC)cc2)[C@@H]1c1ccccc1. The van der Waals surface area contributed by atoms with Crippen molar-refractivity contribution in [2.45, 2.75) is 23.2 Å². The largest absolute Gasteiger partial charge is 0.497 e. The van der Waals surface area contributed by atoms with Crippen molar-refractivity contribution in [1.82, 2.24) is 0 Å². The number of aliphatic hydroxyl groups excluding tert-OH is 1. The average molecular weight is 476 g/mol. The monoisotopic (exact) mass is 475 g/mol. The standard InChI is InChI=1S/C28H29NO6/c1-29-20-11-8-12-21(34-3)24(20)28(32)25(30)22(26(31)35-4)23(17-9-6-5-7-10-17)27(28,29)18-13-15-19(33-2)16-14-18/h5-16,22-23,25,30,32H,1-4H3/t22-,23-,25-,27+,28+/m1/s1. The van der Waals surface area contributed by atoms with E-state index in [1.54, 1.807) is 13.2 Å². The number of rotatable bonds is 5. The molecule has 0 bridgehead atoms. The molecule has 0 spiro atoms. The molecule has 7 heteroatoms. The van der Waals surface area contributed by atoms with E-state index in [1.165, 1.54) is 14.2 Å². The molecule has 35 heavy (non-hydrogen) atoms. The van der Waals surface area contributed by atoms with E-state index >= 15 is 0 Å². The molecule has 7 nitrogen and oxygen atoms in total. The van der Waals surface area contributed by atoms with Gasteiger partial charge in [-0.3, -0.25) is 4.79 Å². The molecule has 0 aromatic heterocycles. The molecular weight excluding hydrogens is 446 g/mol. The summed E-state index contributed by atoms with van der Waals surface area (Å²) in [5, 5.41) is 24.7. The fourth-order valence-electron chi connectivity index (χ4n) is 6.46. The number of carbonyl (C=O) groups is 1.